The molecule has 6 rings (SSSR count). The topological polar surface area (TPSA) is 592 Å². The molecule has 39 heteroatoms. The summed E-state index contributed by atoms with van der Waals surface area (Å²) in [5.74, 6) is -15.4. The normalized spacial score (nSPS) is 13.9. The first-order valence-corrected chi connectivity index (χ1v) is 39.7. The average Bonchev–Trinajstić information content (AvgIpc) is 1.66. The summed E-state index contributed by atoms with van der Waals surface area (Å²) in [5, 5.41) is 57.4. The lowest BCUT2D eigenvalue weighted by Crippen LogP contribution is -2.62. The Balaban J connectivity index is 1.17. The number of hydrogen-bond acceptors (Lipinski definition) is 21. The molecule has 11 atom stereocenters. The van der Waals surface area contributed by atoms with Crippen LogP contribution in [-0.2, 0) is 102 Å². The SMILES string of the molecule is CC(=O)N[C@@H](CS)C(=O)N[C@@H](C)C(=O)N[C@@H](CC(=O)O)C(=O)N[C@@H](Cc1c[nH]c2ccccc12)C(=O)N[C@H](C(=O)N[C@@H](CS)C(=O)N[C@@H](Cc1ccc(O)cc1)C(=O)N[C@@H](Cc1c[nH]c2ccccc12)C(=O)N[C@@H](CCCN)C(=O)NCCC(=O)N[C@@H](Cc1ccccc1)C(=O)NCC(=O)NCCC(=O)N[C@H](CCCCN)C(N)=O)C(C)C. The molecule has 0 aliphatic rings. The lowest BCUT2D eigenvalue weighted by atomic mass is 9.99. The van der Waals surface area contributed by atoms with Gasteiger partial charge in [-0.15, -0.1) is 0 Å². The molecule has 0 aliphatic carbocycles. The van der Waals surface area contributed by atoms with Gasteiger partial charge in [-0.2, -0.15) is 25.3 Å². The fourth-order valence-electron chi connectivity index (χ4n) is 12.4. The van der Waals surface area contributed by atoms with Gasteiger partial charge in [0, 0.05) is 104 Å². The van der Waals surface area contributed by atoms with Crippen LogP contribution in [0, 0.1) is 5.92 Å². The minimum absolute atomic E-state index is 0.0171. The minimum Gasteiger partial charge on any atom is -0.508 e. The molecule has 15 amide bonds. The van der Waals surface area contributed by atoms with Crippen LogP contribution < -0.4 is 91.6 Å². The van der Waals surface area contributed by atoms with Crippen molar-refractivity contribution in [2.45, 2.75) is 171 Å². The Morgan fingerprint density at radius 1 is 0.415 bits per heavy atom. The number of carboxylic acids is 1. The maximum Gasteiger partial charge on any atom is 0.305 e. The third-order valence-corrected chi connectivity index (χ3v) is 19.5. The van der Waals surface area contributed by atoms with E-state index in [0.29, 0.717) is 63.4 Å². The number of aromatic amines is 2. The van der Waals surface area contributed by atoms with Gasteiger partial charge in [-0.3, -0.25) is 76.7 Å². The fourth-order valence-corrected chi connectivity index (χ4v) is 12.9. The molecule has 6 aromatic rings. The monoisotopic (exact) mass is 1670 g/mol. The van der Waals surface area contributed by atoms with Gasteiger partial charge >= 0.3 is 5.97 Å². The number of para-hydroxylation sites is 2. The number of thiol groups is 2. The van der Waals surface area contributed by atoms with E-state index in [-0.39, 0.29) is 88.9 Å². The Morgan fingerprint density at radius 2 is 0.847 bits per heavy atom. The van der Waals surface area contributed by atoms with Crippen LogP contribution >= 0.6 is 25.3 Å². The Labute approximate surface area is 691 Å². The van der Waals surface area contributed by atoms with Gasteiger partial charge in [0.05, 0.1) is 13.0 Å². The maximum atomic E-state index is 15.1. The first kappa shape index (κ1) is 94.8. The van der Waals surface area contributed by atoms with Gasteiger partial charge in [0.15, 0.2) is 0 Å². The summed E-state index contributed by atoms with van der Waals surface area (Å²) in [6, 6.07) is 12.7. The van der Waals surface area contributed by atoms with Crippen molar-refractivity contribution in [3.8, 4) is 5.75 Å². The molecule has 2 heterocycles. The second-order valence-electron chi connectivity index (χ2n) is 28.4. The second kappa shape index (κ2) is 48.4. The molecule has 0 bridgehead atoms. The van der Waals surface area contributed by atoms with Crippen molar-refractivity contribution >= 4 is 142 Å². The summed E-state index contributed by atoms with van der Waals surface area (Å²) in [6.45, 7) is 5.00. The molecule has 0 unspecified atom stereocenters. The number of unbranched alkanes of at least 4 members (excludes halogenated alkanes) is 1. The number of hydrogen-bond donors (Lipinski definition) is 23. The minimum atomic E-state index is -1.86. The maximum absolute atomic E-state index is 15.1. The predicted octanol–water partition coefficient (Wildman–Crippen LogP) is -2.53. The van der Waals surface area contributed by atoms with Gasteiger partial charge in [0.1, 0.15) is 72.2 Å². The van der Waals surface area contributed by atoms with E-state index < -0.39 is 186 Å². The standard InChI is InChI=1S/C79H107N19O18S2/c1-43(2)68(98-76(113)60(36-49-39-86-54-20-11-9-18-52(49)54)96-75(112)61(37-67(104)105)93-70(107)44(3)88-77(114)62(41-117)89-45(4)99)79(116)97-63(42-118)78(115)94-58(34-47-23-25-50(100)26-24-47)73(110)95-59(35-48-38-85-53-19-10-8-17-51(48)53)74(111)92-56(22-14-30-81)71(108)84-32-28-65(102)91-57(33-46-15-6-5-7-16-46)72(109)87-40-66(103)83-31-27-64(101)90-55(69(82)106)21-12-13-29-80/h5-11,15-20,23-26,38-39,43-44,55-63,68,85-86,100,117-118H,12-14,21-22,27-37,40-42,80-81H2,1-4H3,(H2,82,106)(H,83,103)(H,84,108)(H,87,109)(H,88,114)(H,89,99)(H,90,101)(H,91,102)(H,92,111)(H,93,107)(H,94,115)(H,95,110)(H,96,112)(H,97,116)(H,98,113)(H,104,105)/t44-,55+,56-,57-,58-,59-,60-,61-,62-,63-,68-/m0/s1. The number of nitrogens with one attached hydrogen (secondary N) is 16. The van der Waals surface area contributed by atoms with Gasteiger partial charge in [-0.1, -0.05) is 92.7 Å². The highest BCUT2D eigenvalue weighted by Crippen LogP contribution is 2.23. The highest BCUT2D eigenvalue weighted by atomic mass is 32.1. The predicted molar refractivity (Wildman–Crippen MR) is 442 cm³/mol. The first-order valence-electron chi connectivity index (χ1n) is 38.5. The number of phenolic OH excluding ortho intramolecular Hbond substituents is 1. The van der Waals surface area contributed by atoms with E-state index in [1.807, 2.05) is 0 Å². The van der Waals surface area contributed by atoms with Gasteiger partial charge in [0.25, 0.3) is 0 Å². The largest absolute Gasteiger partial charge is 0.508 e. The summed E-state index contributed by atoms with van der Waals surface area (Å²) in [7, 11) is 0. The third-order valence-electron chi connectivity index (χ3n) is 18.8. The molecule has 0 spiro atoms. The molecular formula is C79H107N19O18S2. The number of carboxylic acid groups (broad SMARTS) is 1. The molecule has 24 N–H and O–H groups in total. The van der Waals surface area contributed by atoms with E-state index in [1.165, 1.54) is 38.1 Å². The molecule has 0 fully saturated rings. The van der Waals surface area contributed by atoms with Crippen molar-refractivity contribution < 1.29 is 86.9 Å². The molecule has 37 nitrogen and oxygen atoms in total. The van der Waals surface area contributed by atoms with Crippen LogP contribution in [0.25, 0.3) is 21.8 Å². The number of aromatic hydroxyl groups is 1. The Kier molecular flexibility index (Phi) is 38.9. The van der Waals surface area contributed by atoms with Crippen LogP contribution in [0.2, 0.25) is 0 Å². The highest BCUT2D eigenvalue weighted by molar-refractivity contribution is 7.80. The van der Waals surface area contributed by atoms with E-state index in [0.717, 1.165) is 0 Å². The van der Waals surface area contributed by atoms with Crippen molar-refractivity contribution in [2.75, 3.05) is 44.2 Å². The Bertz CT molecular complexity index is 4470. The second-order valence-corrected chi connectivity index (χ2v) is 29.2. The third kappa shape index (κ3) is 31.2. The van der Waals surface area contributed by atoms with E-state index in [1.54, 1.807) is 105 Å². The number of phenols is 1. The fraction of sp³-hybridized carbons (Fsp3) is 0.443. The molecular weight excluding hydrogens is 1570 g/mol. The zero-order chi connectivity index (χ0) is 86.5. The molecule has 0 aliphatic heterocycles. The number of H-pyrrole nitrogens is 2. The van der Waals surface area contributed by atoms with Crippen LogP contribution in [0.15, 0.2) is 116 Å². The lowest BCUT2D eigenvalue weighted by Gasteiger charge is -2.29. The summed E-state index contributed by atoms with van der Waals surface area (Å²) >= 11 is 8.48. The van der Waals surface area contributed by atoms with Crippen LogP contribution in [0.4, 0.5) is 0 Å². The van der Waals surface area contributed by atoms with Crippen molar-refractivity contribution in [3.05, 3.63) is 138 Å². The smallest absolute Gasteiger partial charge is 0.305 e. The van der Waals surface area contributed by atoms with Crippen molar-refractivity contribution in [2.24, 2.45) is 23.1 Å². The lowest BCUT2D eigenvalue weighted by molar-refractivity contribution is -0.141. The summed E-state index contributed by atoms with van der Waals surface area (Å²) in [6.07, 6.45) is 2.42. The van der Waals surface area contributed by atoms with Crippen LogP contribution in [0.5, 0.6) is 5.75 Å². The number of nitrogens with two attached hydrogens (primary N) is 3. The first-order chi connectivity index (χ1) is 56.3. The molecule has 118 heavy (non-hydrogen) atoms. The molecule has 0 saturated carbocycles. The number of carbonyl (C=O) groups is 16. The molecule has 4 aromatic carbocycles. The molecule has 0 radical (unpaired) electrons. The number of amides is 15. The number of carbonyl (C=O) groups excluding carboxylic acids is 15. The number of aromatic nitrogens is 2. The number of fused-ring (bicyclic) bond motifs is 2. The van der Waals surface area contributed by atoms with E-state index in [4.69, 9.17) is 17.2 Å². The van der Waals surface area contributed by atoms with E-state index in [9.17, 15) is 82.1 Å². The number of benzene rings is 4. The zero-order valence-electron chi connectivity index (χ0n) is 65.9. The van der Waals surface area contributed by atoms with Gasteiger partial charge < -0.3 is 112 Å². The number of aliphatic carboxylic acids is 1. The molecule has 0 saturated heterocycles. The van der Waals surface area contributed by atoms with Crippen LogP contribution in [0.1, 0.15) is 101 Å². The van der Waals surface area contributed by atoms with Crippen molar-refractivity contribution in [1.82, 2.24) is 84.4 Å². The summed E-state index contributed by atoms with van der Waals surface area (Å²) < 4.78 is 0. The van der Waals surface area contributed by atoms with E-state index in [2.05, 4.69) is 110 Å². The molecule has 2 aromatic heterocycles. The zero-order valence-corrected chi connectivity index (χ0v) is 67.7. The molecule has 638 valence electrons. The quantitative estimate of drug-likeness (QED) is 0.0138. The summed E-state index contributed by atoms with van der Waals surface area (Å²) in [4.78, 5) is 224. The van der Waals surface area contributed by atoms with E-state index >= 15 is 4.79 Å². The highest BCUT2D eigenvalue weighted by Gasteiger charge is 2.38. The van der Waals surface area contributed by atoms with Gasteiger partial charge in [-0.05, 0) is 105 Å². The summed E-state index contributed by atoms with van der Waals surface area (Å²) in [5.41, 5.74) is 20.3. The van der Waals surface area contributed by atoms with Crippen LogP contribution in [0.3, 0.4) is 0 Å². The van der Waals surface area contributed by atoms with Crippen molar-refractivity contribution in [1.29, 1.82) is 0 Å². The van der Waals surface area contributed by atoms with Crippen molar-refractivity contribution in [3.63, 3.8) is 0 Å². The van der Waals surface area contributed by atoms with Gasteiger partial charge in [-0.25, -0.2) is 0 Å². The van der Waals surface area contributed by atoms with Gasteiger partial charge in [0.2, 0.25) is 88.6 Å². The Morgan fingerprint density at radius 3 is 1.37 bits per heavy atom. The average molecular weight is 1670 g/mol. The number of primary amides is 1. The Hall–Kier alpha value is -12.1. The van der Waals surface area contributed by atoms with Crippen LogP contribution in [-0.4, -0.2) is 225 Å². The number of rotatable bonds is 50.